The first kappa shape index (κ1) is 11.9. The van der Waals surface area contributed by atoms with Gasteiger partial charge in [-0.1, -0.05) is 6.07 Å². The van der Waals surface area contributed by atoms with Crippen LogP contribution in [0.3, 0.4) is 0 Å². The van der Waals surface area contributed by atoms with Gasteiger partial charge in [-0.15, -0.1) is 0 Å². The summed E-state index contributed by atoms with van der Waals surface area (Å²) < 4.78 is 5.16. The highest BCUT2D eigenvalue weighted by Gasteiger charge is 2.37. The molecule has 0 N–H and O–H groups in total. The molecule has 1 aromatic carbocycles. The summed E-state index contributed by atoms with van der Waals surface area (Å²) in [6.07, 6.45) is 0. The third kappa shape index (κ3) is 1.82. The Labute approximate surface area is 114 Å². The second-order valence-electron chi connectivity index (χ2n) is 4.21. The molecule has 0 fully saturated rings. The molecule has 0 radical (unpaired) electrons. The van der Waals surface area contributed by atoms with Crippen molar-refractivity contribution in [2.45, 2.75) is 6.54 Å². The first-order chi connectivity index (χ1) is 9.22. The molecule has 0 unspecified atom stereocenters. The summed E-state index contributed by atoms with van der Waals surface area (Å²) in [5.74, 6) is -0.0996. The Hall–Kier alpha value is -2.14. The standard InChI is InChI=1S/C14H11NO3S/c1-18-11-4-2-3-10-12(11)14(17)15(13(10)16)7-9-5-6-19-8-9/h2-6,8H,7H2,1H3. The average molecular weight is 273 g/mol. The number of methoxy groups -OCH3 is 1. The van der Waals surface area contributed by atoms with Gasteiger partial charge in [0.25, 0.3) is 11.8 Å². The van der Waals surface area contributed by atoms with E-state index >= 15 is 0 Å². The minimum Gasteiger partial charge on any atom is -0.496 e. The second kappa shape index (κ2) is 4.51. The van der Waals surface area contributed by atoms with E-state index in [-0.39, 0.29) is 11.8 Å². The molecule has 0 atom stereocenters. The van der Waals surface area contributed by atoms with Crippen LogP contribution in [0.5, 0.6) is 5.75 Å². The van der Waals surface area contributed by atoms with Crippen molar-refractivity contribution in [1.29, 1.82) is 0 Å². The van der Waals surface area contributed by atoms with E-state index in [0.29, 0.717) is 23.4 Å². The molecule has 4 nitrogen and oxygen atoms in total. The second-order valence-corrected chi connectivity index (χ2v) is 4.99. The van der Waals surface area contributed by atoms with E-state index < -0.39 is 0 Å². The number of carbonyl (C=O) groups is 2. The van der Waals surface area contributed by atoms with Crippen LogP contribution in [0.4, 0.5) is 0 Å². The lowest BCUT2D eigenvalue weighted by Gasteiger charge is -2.12. The van der Waals surface area contributed by atoms with Crippen molar-refractivity contribution in [2.75, 3.05) is 7.11 Å². The van der Waals surface area contributed by atoms with E-state index in [1.165, 1.54) is 12.0 Å². The van der Waals surface area contributed by atoms with Gasteiger partial charge in [-0.05, 0) is 34.5 Å². The number of hydrogen-bond acceptors (Lipinski definition) is 4. The Kier molecular flexibility index (Phi) is 2.83. The number of amides is 2. The highest BCUT2D eigenvalue weighted by atomic mass is 32.1. The van der Waals surface area contributed by atoms with Gasteiger partial charge in [0, 0.05) is 0 Å². The third-order valence-electron chi connectivity index (χ3n) is 3.10. The number of imide groups is 1. The molecule has 2 aromatic rings. The monoisotopic (exact) mass is 273 g/mol. The molecule has 1 aromatic heterocycles. The van der Waals surface area contributed by atoms with Crippen LogP contribution >= 0.6 is 11.3 Å². The van der Waals surface area contributed by atoms with Crippen molar-refractivity contribution in [2.24, 2.45) is 0 Å². The maximum Gasteiger partial charge on any atom is 0.265 e. The third-order valence-corrected chi connectivity index (χ3v) is 3.83. The molecular formula is C14H11NO3S. The summed E-state index contributed by atoms with van der Waals surface area (Å²) in [7, 11) is 1.49. The largest absolute Gasteiger partial charge is 0.496 e. The number of benzene rings is 1. The molecule has 0 aliphatic carbocycles. The van der Waals surface area contributed by atoms with Gasteiger partial charge in [0.15, 0.2) is 0 Å². The Morgan fingerprint density at radius 2 is 2.05 bits per heavy atom. The highest BCUT2D eigenvalue weighted by Crippen LogP contribution is 2.31. The van der Waals surface area contributed by atoms with Crippen molar-refractivity contribution in [1.82, 2.24) is 4.90 Å². The Bertz CT molecular complexity index is 649. The Morgan fingerprint density at radius 1 is 1.21 bits per heavy atom. The summed E-state index contributed by atoms with van der Waals surface area (Å²) in [5, 5.41) is 3.86. The molecule has 0 saturated heterocycles. The lowest BCUT2D eigenvalue weighted by molar-refractivity contribution is 0.0641. The van der Waals surface area contributed by atoms with Gasteiger partial charge in [-0.2, -0.15) is 11.3 Å². The van der Waals surface area contributed by atoms with Crippen LogP contribution in [-0.2, 0) is 6.54 Å². The molecule has 2 amide bonds. The molecule has 5 heteroatoms. The predicted molar refractivity (Wildman–Crippen MR) is 71.5 cm³/mol. The van der Waals surface area contributed by atoms with Gasteiger partial charge in [0.1, 0.15) is 5.75 Å². The number of rotatable bonds is 3. The van der Waals surface area contributed by atoms with Crippen molar-refractivity contribution >= 4 is 23.2 Å². The number of thiophene rings is 1. The van der Waals surface area contributed by atoms with E-state index in [0.717, 1.165) is 5.56 Å². The molecule has 3 rings (SSSR count). The number of nitrogens with zero attached hydrogens (tertiary/aromatic N) is 1. The number of hydrogen-bond donors (Lipinski definition) is 0. The predicted octanol–water partition coefficient (Wildman–Crippen LogP) is 2.55. The van der Waals surface area contributed by atoms with Crippen LogP contribution in [0.2, 0.25) is 0 Å². The van der Waals surface area contributed by atoms with E-state index in [2.05, 4.69) is 0 Å². The van der Waals surface area contributed by atoms with Crippen LogP contribution in [0.15, 0.2) is 35.0 Å². The number of carbonyl (C=O) groups excluding carboxylic acids is 2. The van der Waals surface area contributed by atoms with Crippen LogP contribution in [-0.4, -0.2) is 23.8 Å². The Balaban J connectivity index is 2.00. The van der Waals surface area contributed by atoms with E-state index in [1.807, 2.05) is 16.8 Å². The van der Waals surface area contributed by atoms with Gasteiger partial charge >= 0.3 is 0 Å². The smallest absolute Gasteiger partial charge is 0.265 e. The summed E-state index contributed by atoms with van der Waals surface area (Å²) in [5.41, 5.74) is 1.74. The van der Waals surface area contributed by atoms with Crippen LogP contribution < -0.4 is 4.74 Å². The Morgan fingerprint density at radius 3 is 2.74 bits per heavy atom. The highest BCUT2D eigenvalue weighted by molar-refractivity contribution is 7.07. The van der Waals surface area contributed by atoms with Crippen molar-refractivity contribution in [3.05, 3.63) is 51.7 Å². The lowest BCUT2D eigenvalue weighted by atomic mass is 10.1. The summed E-state index contributed by atoms with van der Waals surface area (Å²) in [6.45, 7) is 0.305. The molecule has 19 heavy (non-hydrogen) atoms. The van der Waals surface area contributed by atoms with E-state index in [1.54, 1.807) is 29.5 Å². The van der Waals surface area contributed by atoms with Gasteiger partial charge in [-0.3, -0.25) is 14.5 Å². The molecule has 0 spiro atoms. The zero-order chi connectivity index (χ0) is 13.4. The number of ether oxygens (including phenoxy) is 1. The van der Waals surface area contributed by atoms with Crippen molar-refractivity contribution in [3.8, 4) is 5.75 Å². The van der Waals surface area contributed by atoms with Crippen LogP contribution in [0.25, 0.3) is 0 Å². The topological polar surface area (TPSA) is 46.6 Å². The zero-order valence-corrected chi connectivity index (χ0v) is 11.1. The molecule has 1 aliphatic rings. The summed E-state index contributed by atoms with van der Waals surface area (Å²) in [6, 6.07) is 6.98. The minimum absolute atomic E-state index is 0.259. The fourth-order valence-electron chi connectivity index (χ4n) is 2.18. The SMILES string of the molecule is COc1cccc2c1C(=O)N(Cc1ccsc1)C2=O. The fraction of sp³-hybridized carbons (Fsp3) is 0.143. The number of fused-ring (bicyclic) bond motifs is 1. The zero-order valence-electron chi connectivity index (χ0n) is 10.3. The average Bonchev–Trinajstić information content (AvgIpc) is 3.02. The maximum atomic E-state index is 12.3. The maximum absolute atomic E-state index is 12.3. The lowest BCUT2D eigenvalue weighted by Crippen LogP contribution is -2.28. The van der Waals surface area contributed by atoms with Crippen molar-refractivity contribution in [3.63, 3.8) is 0 Å². The molecule has 1 aliphatic heterocycles. The van der Waals surface area contributed by atoms with Crippen LogP contribution in [0, 0.1) is 0 Å². The minimum atomic E-state index is -0.288. The molecule has 0 saturated carbocycles. The molecule has 0 bridgehead atoms. The first-order valence-electron chi connectivity index (χ1n) is 5.76. The molecule has 96 valence electrons. The molecule has 2 heterocycles. The van der Waals surface area contributed by atoms with Gasteiger partial charge in [0.05, 0.1) is 24.8 Å². The normalized spacial score (nSPS) is 13.8. The van der Waals surface area contributed by atoms with E-state index in [4.69, 9.17) is 4.74 Å². The summed E-state index contributed by atoms with van der Waals surface area (Å²) >= 11 is 1.54. The molecular weight excluding hydrogens is 262 g/mol. The van der Waals surface area contributed by atoms with Gasteiger partial charge < -0.3 is 4.74 Å². The van der Waals surface area contributed by atoms with E-state index in [9.17, 15) is 9.59 Å². The van der Waals surface area contributed by atoms with Crippen molar-refractivity contribution < 1.29 is 14.3 Å². The van der Waals surface area contributed by atoms with Gasteiger partial charge in [0.2, 0.25) is 0 Å². The first-order valence-corrected chi connectivity index (χ1v) is 6.71. The van der Waals surface area contributed by atoms with Gasteiger partial charge in [-0.25, -0.2) is 0 Å². The quantitative estimate of drug-likeness (QED) is 0.807. The summed E-state index contributed by atoms with van der Waals surface area (Å²) in [4.78, 5) is 25.9. The van der Waals surface area contributed by atoms with Crippen LogP contribution in [0.1, 0.15) is 26.3 Å². The fourth-order valence-corrected chi connectivity index (χ4v) is 2.84.